The van der Waals surface area contributed by atoms with Gasteiger partial charge in [-0.3, -0.25) is 0 Å². The lowest BCUT2D eigenvalue weighted by Crippen LogP contribution is -2.41. The van der Waals surface area contributed by atoms with Crippen molar-refractivity contribution in [2.75, 3.05) is 13.2 Å². The van der Waals surface area contributed by atoms with Crippen molar-refractivity contribution in [1.82, 2.24) is 5.32 Å². The number of thiophene rings is 1. The van der Waals surface area contributed by atoms with Gasteiger partial charge < -0.3 is 15.5 Å². The lowest BCUT2D eigenvalue weighted by Gasteiger charge is -2.23. The Balaban J connectivity index is 2.39. The third-order valence-corrected chi connectivity index (χ3v) is 3.15. The molecule has 0 bridgehead atoms. The fourth-order valence-corrected chi connectivity index (χ4v) is 1.83. The molecule has 1 aromatic heterocycles. The van der Waals surface area contributed by atoms with Crippen LogP contribution in [0.4, 0.5) is 0 Å². The van der Waals surface area contributed by atoms with Gasteiger partial charge in [-0.25, -0.2) is 0 Å². The number of nitrogens with one attached hydrogen (secondary N) is 1. The number of hydrogen-bond donors (Lipinski definition) is 3. The van der Waals surface area contributed by atoms with Gasteiger partial charge in [0.1, 0.15) is 0 Å². The topological polar surface area (TPSA) is 52.5 Å². The van der Waals surface area contributed by atoms with Crippen LogP contribution in [0.25, 0.3) is 0 Å². The zero-order valence-corrected chi connectivity index (χ0v) is 9.34. The second-order valence-electron chi connectivity index (χ2n) is 3.77. The molecular formula is C10H17NO2S. The lowest BCUT2D eigenvalue weighted by atomic mass is 10.1. The molecule has 3 N–H and O–H groups in total. The van der Waals surface area contributed by atoms with Crippen LogP contribution in [0.1, 0.15) is 24.8 Å². The highest BCUT2D eigenvalue weighted by atomic mass is 32.1. The number of aliphatic hydroxyl groups is 2. The minimum Gasteiger partial charge on any atom is -0.393 e. The zero-order valence-electron chi connectivity index (χ0n) is 8.53. The first-order chi connectivity index (χ1) is 6.55. The van der Waals surface area contributed by atoms with Crippen LogP contribution in [-0.2, 0) is 0 Å². The van der Waals surface area contributed by atoms with E-state index in [2.05, 4.69) is 11.4 Å². The molecule has 0 saturated carbocycles. The summed E-state index contributed by atoms with van der Waals surface area (Å²) in [6, 6.07) is 4.27. The van der Waals surface area contributed by atoms with Crippen LogP contribution < -0.4 is 5.32 Å². The van der Waals surface area contributed by atoms with Crippen LogP contribution in [0.3, 0.4) is 0 Å². The summed E-state index contributed by atoms with van der Waals surface area (Å²) in [7, 11) is 0. The second-order valence-corrected chi connectivity index (χ2v) is 4.75. The van der Waals surface area contributed by atoms with Gasteiger partial charge in [0, 0.05) is 17.5 Å². The van der Waals surface area contributed by atoms with E-state index >= 15 is 0 Å². The predicted molar refractivity (Wildman–Crippen MR) is 58.4 cm³/mol. The molecule has 2 unspecified atom stereocenters. The molecule has 0 aliphatic heterocycles. The Hall–Kier alpha value is -0.420. The summed E-state index contributed by atoms with van der Waals surface area (Å²) >= 11 is 1.68. The van der Waals surface area contributed by atoms with Crippen LogP contribution in [0.5, 0.6) is 0 Å². The van der Waals surface area contributed by atoms with Gasteiger partial charge in [0.25, 0.3) is 0 Å². The van der Waals surface area contributed by atoms with Gasteiger partial charge in [-0.2, -0.15) is 0 Å². The van der Waals surface area contributed by atoms with Crippen molar-refractivity contribution >= 4 is 11.3 Å². The lowest BCUT2D eigenvalue weighted by molar-refractivity contribution is 0.00112. The Morgan fingerprint density at radius 1 is 1.64 bits per heavy atom. The average molecular weight is 215 g/mol. The molecule has 0 aliphatic carbocycles. The quantitative estimate of drug-likeness (QED) is 0.690. The first kappa shape index (κ1) is 11.7. The Kier molecular flexibility index (Phi) is 4.07. The van der Waals surface area contributed by atoms with Gasteiger partial charge in [-0.1, -0.05) is 6.07 Å². The van der Waals surface area contributed by atoms with Crippen molar-refractivity contribution < 1.29 is 10.2 Å². The van der Waals surface area contributed by atoms with Crippen LogP contribution >= 0.6 is 11.3 Å². The summed E-state index contributed by atoms with van der Waals surface area (Å²) in [6.45, 7) is 3.82. The second kappa shape index (κ2) is 4.89. The van der Waals surface area contributed by atoms with E-state index in [1.807, 2.05) is 18.4 Å². The molecule has 1 aromatic rings. The average Bonchev–Trinajstić information content (AvgIpc) is 2.67. The summed E-state index contributed by atoms with van der Waals surface area (Å²) in [5, 5.41) is 23.6. The number of hydrogen-bond acceptors (Lipinski definition) is 4. The summed E-state index contributed by atoms with van der Waals surface area (Å²) in [5.41, 5.74) is -1.04. The van der Waals surface area contributed by atoms with Gasteiger partial charge in [0.2, 0.25) is 0 Å². The van der Waals surface area contributed by atoms with E-state index in [1.165, 1.54) is 4.88 Å². The van der Waals surface area contributed by atoms with Crippen molar-refractivity contribution in [3.63, 3.8) is 0 Å². The molecule has 3 nitrogen and oxygen atoms in total. The summed E-state index contributed by atoms with van der Waals surface area (Å²) in [4.78, 5) is 1.23. The van der Waals surface area contributed by atoms with Crippen molar-refractivity contribution in [2.24, 2.45) is 0 Å². The molecule has 1 rings (SSSR count). The van der Waals surface area contributed by atoms with Crippen molar-refractivity contribution in [3.8, 4) is 0 Å². The maximum Gasteiger partial charge on any atom is 0.0973 e. The van der Waals surface area contributed by atoms with Gasteiger partial charge in [-0.05, 0) is 25.3 Å². The van der Waals surface area contributed by atoms with E-state index in [-0.39, 0.29) is 12.6 Å². The Morgan fingerprint density at radius 3 is 2.86 bits per heavy atom. The molecule has 1 heterocycles. The van der Waals surface area contributed by atoms with E-state index in [4.69, 9.17) is 5.11 Å². The highest BCUT2D eigenvalue weighted by molar-refractivity contribution is 7.10. The molecule has 0 aliphatic rings. The maximum atomic E-state index is 9.56. The standard InChI is InChI=1S/C10H17NO2S/c1-8(9-4-3-5-14-9)11-6-10(2,13)7-12/h3-5,8,11-13H,6-7H2,1-2H3. The van der Waals surface area contributed by atoms with E-state index < -0.39 is 5.60 Å². The fourth-order valence-electron chi connectivity index (χ4n) is 1.07. The molecule has 2 atom stereocenters. The van der Waals surface area contributed by atoms with Crippen molar-refractivity contribution in [1.29, 1.82) is 0 Å². The van der Waals surface area contributed by atoms with Crippen LogP contribution in [-0.4, -0.2) is 29.0 Å². The van der Waals surface area contributed by atoms with Gasteiger partial charge in [0.15, 0.2) is 0 Å². The third kappa shape index (κ3) is 3.38. The highest BCUT2D eigenvalue weighted by Crippen LogP contribution is 2.18. The molecule has 0 aromatic carbocycles. The Bertz CT molecular complexity index is 259. The summed E-state index contributed by atoms with van der Waals surface area (Å²) in [5.74, 6) is 0. The van der Waals surface area contributed by atoms with Crippen molar-refractivity contribution in [2.45, 2.75) is 25.5 Å². The minimum absolute atomic E-state index is 0.216. The van der Waals surface area contributed by atoms with E-state index in [0.717, 1.165) is 0 Å². The zero-order chi connectivity index (χ0) is 10.6. The Morgan fingerprint density at radius 2 is 2.36 bits per heavy atom. The normalized spacial score (nSPS) is 17.7. The fraction of sp³-hybridized carbons (Fsp3) is 0.600. The molecular weight excluding hydrogens is 198 g/mol. The molecule has 0 amide bonds. The maximum absolute atomic E-state index is 9.56. The predicted octanol–water partition coefficient (Wildman–Crippen LogP) is 1.14. The Labute approximate surface area is 88.4 Å². The van der Waals surface area contributed by atoms with E-state index in [0.29, 0.717) is 6.54 Å². The first-order valence-corrected chi connectivity index (χ1v) is 5.53. The molecule has 80 valence electrons. The number of aliphatic hydroxyl groups excluding tert-OH is 1. The molecule has 0 spiro atoms. The monoisotopic (exact) mass is 215 g/mol. The van der Waals surface area contributed by atoms with Crippen molar-refractivity contribution in [3.05, 3.63) is 22.4 Å². The molecule has 0 saturated heterocycles. The largest absolute Gasteiger partial charge is 0.393 e. The first-order valence-electron chi connectivity index (χ1n) is 4.65. The van der Waals surface area contributed by atoms with E-state index in [9.17, 15) is 5.11 Å². The van der Waals surface area contributed by atoms with Gasteiger partial charge >= 0.3 is 0 Å². The minimum atomic E-state index is -1.04. The smallest absolute Gasteiger partial charge is 0.0973 e. The van der Waals surface area contributed by atoms with Gasteiger partial charge in [0.05, 0.1) is 12.2 Å². The third-order valence-electron chi connectivity index (χ3n) is 2.10. The van der Waals surface area contributed by atoms with Crippen LogP contribution in [0.15, 0.2) is 17.5 Å². The number of rotatable bonds is 5. The molecule has 0 fully saturated rings. The van der Waals surface area contributed by atoms with Crippen LogP contribution in [0, 0.1) is 0 Å². The summed E-state index contributed by atoms with van der Waals surface area (Å²) < 4.78 is 0. The highest BCUT2D eigenvalue weighted by Gasteiger charge is 2.19. The molecule has 14 heavy (non-hydrogen) atoms. The van der Waals surface area contributed by atoms with E-state index in [1.54, 1.807) is 18.3 Å². The van der Waals surface area contributed by atoms with Gasteiger partial charge in [-0.15, -0.1) is 11.3 Å². The SMILES string of the molecule is CC(NCC(C)(O)CO)c1cccs1. The molecule has 4 heteroatoms. The van der Waals surface area contributed by atoms with Crippen LogP contribution in [0.2, 0.25) is 0 Å². The molecule has 0 radical (unpaired) electrons. The summed E-state index contributed by atoms with van der Waals surface area (Å²) in [6.07, 6.45) is 0.